The van der Waals surface area contributed by atoms with Gasteiger partial charge >= 0.3 is 12.0 Å². The van der Waals surface area contributed by atoms with E-state index in [4.69, 9.17) is 14.7 Å². The summed E-state index contributed by atoms with van der Waals surface area (Å²) in [6, 6.07) is 24.4. The number of benzene rings is 3. The van der Waals surface area contributed by atoms with Crippen molar-refractivity contribution in [3.05, 3.63) is 118 Å². The SMILES string of the molecule is CCCSc1nc(NCCNC(=O)OC(C)(C)C)c2nnn(Cc3ccc(C#CCNC(=O)C4CCN(CCNC(=O)c5ccc(-c6csc(N7N=C(c8ccccc8)/C(=N\Nc8nccs8)C7=O)n6)cc5)CC4)cc3)c2n1. The fraction of sp³-hybridized carbons (Fsp3) is 0.333. The Balaban J connectivity index is 0.688. The zero-order valence-electron chi connectivity index (χ0n) is 43.5. The van der Waals surface area contributed by atoms with Crippen molar-refractivity contribution in [1.29, 1.82) is 0 Å². The highest BCUT2D eigenvalue weighted by molar-refractivity contribution is 7.99. The van der Waals surface area contributed by atoms with Gasteiger partial charge in [-0.05, 0) is 83.0 Å². The number of hydrazone groups is 2. The fourth-order valence-corrected chi connectivity index (χ4v) is 10.1. The third-order valence-corrected chi connectivity index (χ3v) is 14.6. The number of rotatable bonds is 20. The van der Waals surface area contributed by atoms with Crippen molar-refractivity contribution in [2.75, 3.05) is 67.3 Å². The van der Waals surface area contributed by atoms with Crippen molar-refractivity contribution >= 4 is 96.9 Å². The van der Waals surface area contributed by atoms with E-state index in [1.54, 1.807) is 34.8 Å². The van der Waals surface area contributed by atoms with Crippen LogP contribution in [0.2, 0.25) is 0 Å². The van der Waals surface area contributed by atoms with Crippen LogP contribution < -0.4 is 31.7 Å². The molecule has 0 radical (unpaired) electrons. The number of hydrogen-bond donors (Lipinski definition) is 5. The van der Waals surface area contributed by atoms with Gasteiger partial charge in [0.15, 0.2) is 27.8 Å². The highest BCUT2D eigenvalue weighted by Crippen LogP contribution is 2.31. The maximum Gasteiger partial charge on any atom is 0.407 e. The molecule has 0 spiro atoms. The molecule has 78 heavy (non-hydrogen) atoms. The van der Waals surface area contributed by atoms with Crippen molar-refractivity contribution in [3.63, 3.8) is 0 Å². The number of piperidine rings is 1. The van der Waals surface area contributed by atoms with E-state index in [0.29, 0.717) is 82.1 Å². The Hall–Kier alpha value is -8.11. The number of thiazole rings is 2. The maximum absolute atomic E-state index is 13.7. The molecule has 21 nitrogen and oxygen atoms in total. The average molecular weight is 1110 g/mol. The molecule has 0 aliphatic carbocycles. The van der Waals surface area contributed by atoms with Gasteiger partial charge in [-0.1, -0.05) is 90.3 Å². The zero-order valence-corrected chi connectivity index (χ0v) is 45.9. The number of amides is 4. The smallest absolute Gasteiger partial charge is 0.407 e. The number of nitrogens with one attached hydrogen (secondary N) is 5. The standard InChI is InChI=1S/C54H58N16O5S3/c1-5-31-76-51-61-45(55-24-25-59-53(74)75-54(2,3)4)44-46(62-51)69(67-64-44)33-36-15-13-35(14-16-36)10-9-23-56-48(72)40-21-28-68(29-22-40)30-26-57-47(71)39-19-17-37(18-20-39)41-34-78-52(60-41)70-49(73)43(63-65-50-58-27-32-77-50)42(66-70)38-11-7-6-8-12-38/h6-8,11-20,27,32,34,40H,5,21-26,28-31,33H2,1-4H3,(H,56,72)(H,57,71)(H,58,65)(H,59,74)(H,55,61,62)/b63-43+. The summed E-state index contributed by atoms with van der Waals surface area (Å²) < 4.78 is 7.07. The molecule has 1 fully saturated rings. The van der Waals surface area contributed by atoms with Crippen LogP contribution in [0.1, 0.15) is 74.0 Å². The number of hydrogen-bond acceptors (Lipinski definition) is 19. The van der Waals surface area contributed by atoms with E-state index in [0.717, 1.165) is 60.4 Å². The number of aromatic nitrogens is 7. The lowest BCUT2D eigenvalue weighted by atomic mass is 9.96. The molecule has 0 atom stereocenters. The monoisotopic (exact) mass is 1110 g/mol. The largest absolute Gasteiger partial charge is 0.444 e. The normalized spacial score (nSPS) is 14.5. The first-order valence-electron chi connectivity index (χ1n) is 25.5. The first-order valence-corrected chi connectivity index (χ1v) is 28.2. The number of carbonyl (C=O) groups is 4. The minimum Gasteiger partial charge on any atom is -0.444 e. The molecular formula is C54H58N16O5S3. The van der Waals surface area contributed by atoms with E-state index < -0.39 is 17.6 Å². The van der Waals surface area contributed by atoms with Gasteiger partial charge in [0.2, 0.25) is 16.2 Å². The molecule has 0 bridgehead atoms. The van der Waals surface area contributed by atoms with Crippen molar-refractivity contribution in [2.24, 2.45) is 16.1 Å². The molecule has 24 heteroatoms. The lowest BCUT2D eigenvalue weighted by Crippen LogP contribution is -2.43. The third kappa shape index (κ3) is 14.5. The van der Waals surface area contributed by atoms with Gasteiger partial charge in [-0.2, -0.15) is 15.2 Å². The van der Waals surface area contributed by atoms with Crippen LogP contribution in [-0.2, 0) is 20.9 Å². The Labute approximate surface area is 463 Å². The Morgan fingerprint density at radius 3 is 2.44 bits per heavy atom. The van der Waals surface area contributed by atoms with Gasteiger partial charge in [-0.15, -0.1) is 27.8 Å². The summed E-state index contributed by atoms with van der Waals surface area (Å²) in [5, 5.41) is 36.3. The number of carbonyl (C=O) groups excluding carboxylic acids is 4. The van der Waals surface area contributed by atoms with E-state index in [-0.39, 0.29) is 30.0 Å². The molecule has 3 aromatic carbocycles. The number of fused-ring (bicyclic) bond motifs is 1. The lowest BCUT2D eigenvalue weighted by Gasteiger charge is -2.31. The summed E-state index contributed by atoms with van der Waals surface area (Å²) in [5.41, 5.74) is 8.46. The number of thioether (sulfide) groups is 1. The minimum atomic E-state index is -0.585. The van der Waals surface area contributed by atoms with E-state index in [2.05, 4.69) is 80.8 Å². The Bertz CT molecular complexity index is 3340. The Morgan fingerprint density at radius 2 is 1.69 bits per heavy atom. The molecule has 4 amide bonds. The zero-order chi connectivity index (χ0) is 54.4. The predicted octanol–water partition coefficient (Wildman–Crippen LogP) is 7.12. The van der Waals surface area contributed by atoms with Gasteiger partial charge in [0.25, 0.3) is 5.91 Å². The van der Waals surface area contributed by atoms with E-state index >= 15 is 0 Å². The molecule has 1 saturated heterocycles. The summed E-state index contributed by atoms with van der Waals surface area (Å²) in [5.74, 6) is 6.92. The second-order valence-electron chi connectivity index (χ2n) is 19.0. The summed E-state index contributed by atoms with van der Waals surface area (Å²) in [4.78, 5) is 72.6. The molecule has 6 heterocycles. The molecule has 4 aromatic heterocycles. The first-order chi connectivity index (χ1) is 37.9. The molecule has 2 aliphatic rings. The van der Waals surface area contributed by atoms with E-state index in [9.17, 15) is 19.2 Å². The van der Waals surface area contributed by atoms with Crippen LogP contribution in [0.4, 0.5) is 20.9 Å². The van der Waals surface area contributed by atoms with Gasteiger partial charge < -0.3 is 30.9 Å². The first kappa shape index (κ1) is 54.7. The van der Waals surface area contributed by atoms with Crippen LogP contribution in [-0.4, -0.2) is 132 Å². The van der Waals surface area contributed by atoms with Gasteiger partial charge in [0.1, 0.15) is 11.3 Å². The quantitative estimate of drug-likeness (QED) is 0.0168. The van der Waals surface area contributed by atoms with Crippen LogP contribution in [0.25, 0.3) is 22.4 Å². The van der Waals surface area contributed by atoms with E-state index in [1.165, 1.54) is 27.7 Å². The highest BCUT2D eigenvalue weighted by Gasteiger charge is 2.36. The van der Waals surface area contributed by atoms with Crippen LogP contribution in [0.3, 0.4) is 0 Å². The van der Waals surface area contributed by atoms with Crippen molar-refractivity contribution in [3.8, 4) is 23.1 Å². The summed E-state index contributed by atoms with van der Waals surface area (Å²) in [6.07, 6.45) is 3.57. The molecule has 5 N–H and O–H groups in total. The lowest BCUT2D eigenvalue weighted by molar-refractivity contribution is -0.126. The van der Waals surface area contributed by atoms with Crippen molar-refractivity contribution in [1.82, 2.24) is 55.8 Å². The van der Waals surface area contributed by atoms with Gasteiger partial charge in [0.05, 0.1) is 18.8 Å². The van der Waals surface area contributed by atoms with E-state index in [1.807, 2.05) is 98.3 Å². The van der Waals surface area contributed by atoms with Crippen LogP contribution in [0.15, 0.2) is 111 Å². The number of likely N-dealkylation sites (tertiary alicyclic amines) is 1. The second-order valence-corrected chi connectivity index (χ2v) is 21.8. The molecule has 7 aromatic rings. The van der Waals surface area contributed by atoms with Gasteiger partial charge in [-0.3, -0.25) is 19.8 Å². The van der Waals surface area contributed by atoms with Crippen LogP contribution >= 0.6 is 34.4 Å². The van der Waals surface area contributed by atoms with Crippen molar-refractivity contribution in [2.45, 2.75) is 64.3 Å². The molecule has 402 valence electrons. The molecular weight excluding hydrogens is 1050 g/mol. The number of alkyl carbamates (subject to hydrolysis) is 1. The van der Waals surface area contributed by atoms with Gasteiger partial charge in [-0.25, -0.2) is 29.4 Å². The number of ether oxygens (including phenoxy) is 1. The molecule has 0 saturated carbocycles. The number of anilines is 3. The Morgan fingerprint density at radius 1 is 0.897 bits per heavy atom. The average Bonchev–Trinajstić information content (AvgIpc) is 4.39. The van der Waals surface area contributed by atoms with Crippen molar-refractivity contribution < 1.29 is 23.9 Å². The fourth-order valence-electron chi connectivity index (χ4n) is 8.20. The Kier molecular flexibility index (Phi) is 18.1. The topological polar surface area (TPSA) is 251 Å². The predicted molar refractivity (Wildman–Crippen MR) is 305 cm³/mol. The third-order valence-electron chi connectivity index (χ3n) is 12.1. The van der Waals surface area contributed by atoms with Crippen LogP contribution in [0, 0.1) is 17.8 Å². The minimum absolute atomic E-state index is 0.00403. The highest BCUT2D eigenvalue weighted by atomic mass is 32.2. The molecule has 9 rings (SSSR count). The molecule has 2 aliphatic heterocycles. The maximum atomic E-state index is 13.7. The van der Waals surface area contributed by atoms with Crippen LogP contribution in [0.5, 0.6) is 0 Å². The second kappa shape index (κ2) is 25.8. The summed E-state index contributed by atoms with van der Waals surface area (Å²) in [6.45, 7) is 11.6. The summed E-state index contributed by atoms with van der Waals surface area (Å²) in [7, 11) is 0. The number of nitrogens with zero attached hydrogens (tertiary/aromatic N) is 11. The van der Waals surface area contributed by atoms with Gasteiger partial charge in [0, 0.05) is 77.1 Å². The summed E-state index contributed by atoms with van der Waals surface area (Å²) >= 11 is 4.20. The molecule has 0 unspecified atom stereocenters.